The monoisotopic (exact) mass is 112 g/mol. The van der Waals surface area contributed by atoms with E-state index in [4.69, 9.17) is 0 Å². The first-order chi connectivity index (χ1) is 3.91. The highest BCUT2D eigenvalue weighted by Gasteiger charge is 1.79. The van der Waals surface area contributed by atoms with Crippen LogP contribution < -0.4 is 0 Å². The predicted octanol–water partition coefficient (Wildman–Crippen LogP) is 1.33. The molecule has 2 heteroatoms. The molecule has 0 aromatic carbocycles. The lowest BCUT2D eigenvalue weighted by Crippen LogP contribution is -1.77. The fourth-order valence-electron chi connectivity index (χ4n) is 0.413. The van der Waals surface area contributed by atoms with Crippen molar-refractivity contribution in [3.8, 4) is 0 Å². The number of unbranched alkanes of at least 4 members (excludes halogenated alkanes) is 2. The largest absolute Gasteiger partial charge is 0.234 e. The van der Waals surface area contributed by atoms with Crippen molar-refractivity contribution in [1.29, 1.82) is 0 Å². The highest BCUT2D eigenvalue weighted by molar-refractivity contribution is 5.32. The molecule has 0 aliphatic rings. The molecular formula is C6H10NO. The quantitative estimate of drug-likeness (QED) is 0.306. The van der Waals surface area contributed by atoms with Crippen LogP contribution in [-0.4, -0.2) is 12.6 Å². The number of rotatable bonds is 4. The summed E-state index contributed by atoms with van der Waals surface area (Å²) in [7, 11) is 0. The maximum Gasteiger partial charge on any atom is 0.234 e. The normalized spacial score (nSPS) is 8.12. The van der Waals surface area contributed by atoms with Crippen LogP contribution in [0, 0.1) is 6.92 Å². The van der Waals surface area contributed by atoms with E-state index in [1.165, 1.54) is 6.08 Å². The minimum atomic E-state index is 0.610. The molecule has 2 nitrogen and oxygen atoms in total. The molecule has 8 heavy (non-hydrogen) atoms. The average molecular weight is 112 g/mol. The lowest BCUT2D eigenvalue weighted by molar-refractivity contribution is 0.562. The van der Waals surface area contributed by atoms with E-state index in [0.717, 1.165) is 19.3 Å². The molecule has 0 atom stereocenters. The Kier molecular flexibility index (Phi) is 5.89. The van der Waals surface area contributed by atoms with Crippen molar-refractivity contribution in [2.45, 2.75) is 19.3 Å². The van der Waals surface area contributed by atoms with Gasteiger partial charge in [0.15, 0.2) is 0 Å². The van der Waals surface area contributed by atoms with E-state index < -0.39 is 0 Å². The van der Waals surface area contributed by atoms with Crippen LogP contribution >= 0.6 is 0 Å². The summed E-state index contributed by atoms with van der Waals surface area (Å²) in [5.74, 6) is 0. The number of isocyanates is 1. The molecule has 0 fully saturated rings. The topological polar surface area (TPSA) is 29.4 Å². The van der Waals surface area contributed by atoms with E-state index in [0.29, 0.717) is 6.54 Å². The van der Waals surface area contributed by atoms with Crippen LogP contribution in [0.4, 0.5) is 0 Å². The third kappa shape index (κ3) is 5.38. The molecule has 0 saturated carbocycles. The van der Waals surface area contributed by atoms with Crippen LogP contribution in [0.5, 0.6) is 0 Å². The predicted molar refractivity (Wildman–Crippen MR) is 32.2 cm³/mol. The van der Waals surface area contributed by atoms with Gasteiger partial charge in [-0.25, -0.2) is 9.79 Å². The van der Waals surface area contributed by atoms with Crippen molar-refractivity contribution in [3.05, 3.63) is 6.92 Å². The first-order valence-corrected chi connectivity index (χ1v) is 2.74. The maximum absolute atomic E-state index is 9.46. The molecule has 0 aliphatic heterocycles. The molecule has 0 bridgehead atoms. The summed E-state index contributed by atoms with van der Waals surface area (Å²) < 4.78 is 0. The highest BCUT2D eigenvalue weighted by Crippen LogP contribution is 1.91. The Labute approximate surface area is 49.6 Å². The molecule has 0 spiro atoms. The van der Waals surface area contributed by atoms with Gasteiger partial charge >= 0.3 is 0 Å². The van der Waals surface area contributed by atoms with Crippen LogP contribution in [-0.2, 0) is 4.79 Å². The Morgan fingerprint density at radius 3 is 2.75 bits per heavy atom. The fraction of sp³-hybridized carbons (Fsp3) is 0.667. The number of carbonyl (C=O) groups excluding carboxylic acids is 1. The summed E-state index contributed by atoms with van der Waals surface area (Å²) >= 11 is 0. The minimum Gasteiger partial charge on any atom is -0.211 e. The summed E-state index contributed by atoms with van der Waals surface area (Å²) in [6.45, 7) is 4.25. The van der Waals surface area contributed by atoms with Crippen molar-refractivity contribution < 1.29 is 4.79 Å². The van der Waals surface area contributed by atoms with Crippen LogP contribution in [0.1, 0.15) is 19.3 Å². The zero-order valence-corrected chi connectivity index (χ0v) is 4.89. The molecule has 0 aromatic heterocycles. The van der Waals surface area contributed by atoms with Crippen molar-refractivity contribution in [1.82, 2.24) is 0 Å². The lowest BCUT2D eigenvalue weighted by atomic mass is 10.3. The van der Waals surface area contributed by atoms with Gasteiger partial charge < -0.3 is 0 Å². The highest BCUT2D eigenvalue weighted by atomic mass is 16.1. The van der Waals surface area contributed by atoms with Crippen LogP contribution in [0.25, 0.3) is 0 Å². The summed E-state index contributed by atoms with van der Waals surface area (Å²) in [4.78, 5) is 12.8. The van der Waals surface area contributed by atoms with Gasteiger partial charge in [0.25, 0.3) is 0 Å². The second kappa shape index (κ2) is 6.38. The average Bonchev–Trinajstić information content (AvgIpc) is 1.81. The number of hydrogen-bond acceptors (Lipinski definition) is 2. The summed E-state index contributed by atoms with van der Waals surface area (Å²) in [5, 5.41) is 0. The Morgan fingerprint density at radius 1 is 1.50 bits per heavy atom. The molecule has 45 valence electrons. The van der Waals surface area contributed by atoms with Crippen LogP contribution in [0.15, 0.2) is 4.99 Å². The molecule has 0 heterocycles. The van der Waals surface area contributed by atoms with Gasteiger partial charge in [0.05, 0.1) is 6.54 Å². The second-order valence-electron chi connectivity index (χ2n) is 1.53. The number of hydrogen-bond donors (Lipinski definition) is 0. The standard InChI is InChI=1S/C6H10NO/c1-2-3-4-5-7-6-8/h1-5H2. The van der Waals surface area contributed by atoms with Crippen molar-refractivity contribution >= 4 is 6.08 Å². The van der Waals surface area contributed by atoms with Crippen LogP contribution in [0.3, 0.4) is 0 Å². The lowest BCUT2D eigenvalue weighted by Gasteiger charge is -1.86. The molecule has 0 saturated heterocycles. The van der Waals surface area contributed by atoms with E-state index in [2.05, 4.69) is 11.9 Å². The summed E-state index contributed by atoms with van der Waals surface area (Å²) in [6, 6.07) is 0. The maximum atomic E-state index is 9.46. The van der Waals surface area contributed by atoms with Gasteiger partial charge in [0, 0.05) is 0 Å². The SMILES string of the molecule is [CH2]CCCCN=C=O. The zero-order chi connectivity index (χ0) is 6.24. The molecular weight excluding hydrogens is 102 g/mol. The first-order valence-electron chi connectivity index (χ1n) is 2.74. The van der Waals surface area contributed by atoms with Crippen LogP contribution in [0.2, 0.25) is 0 Å². The molecule has 0 N–H and O–H groups in total. The summed E-state index contributed by atoms with van der Waals surface area (Å²) in [6.07, 6.45) is 4.41. The van der Waals surface area contributed by atoms with Gasteiger partial charge in [-0.15, -0.1) is 0 Å². The van der Waals surface area contributed by atoms with Crippen molar-refractivity contribution in [2.24, 2.45) is 4.99 Å². The molecule has 0 amide bonds. The Bertz CT molecular complexity index is 84.5. The molecule has 0 rings (SSSR count). The van der Waals surface area contributed by atoms with E-state index >= 15 is 0 Å². The number of aliphatic imine (C=N–C) groups is 1. The molecule has 1 radical (unpaired) electrons. The van der Waals surface area contributed by atoms with Gasteiger partial charge in [-0.2, -0.15) is 0 Å². The Morgan fingerprint density at radius 2 is 2.25 bits per heavy atom. The molecule has 0 aliphatic carbocycles. The second-order valence-corrected chi connectivity index (χ2v) is 1.53. The van der Waals surface area contributed by atoms with Gasteiger partial charge in [-0.1, -0.05) is 19.8 Å². The van der Waals surface area contributed by atoms with Gasteiger partial charge in [0.2, 0.25) is 6.08 Å². The first kappa shape index (κ1) is 7.38. The third-order valence-corrected chi connectivity index (χ3v) is 0.834. The Hall–Kier alpha value is -0.620. The van der Waals surface area contributed by atoms with E-state index in [9.17, 15) is 4.79 Å². The number of nitrogens with zero attached hydrogens (tertiary/aromatic N) is 1. The Balaban J connectivity index is 2.82. The van der Waals surface area contributed by atoms with E-state index in [1.807, 2.05) is 0 Å². The van der Waals surface area contributed by atoms with Gasteiger partial charge in [-0.05, 0) is 6.42 Å². The van der Waals surface area contributed by atoms with Crippen molar-refractivity contribution in [2.75, 3.05) is 6.54 Å². The minimum absolute atomic E-state index is 0.610. The van der Waals surface area contributed by atoms with Gasteiger partial charge in [0.1, 0.15) is 0 Å². The van der Waals surface area contributed by atoms with Crippen molar-refractivity contribution in [3.63, 3.8) is 0 Å². The summed E-state index contributed by atoms with van der Waals surface area (Å²) in [5.41, 5.74) is 0. The zero-order valence-electron chi connectivity index (χ0n) is 4.89. The third-order valence-electron chi connectivity index (χ3n) is 0.834. The molecule has 0 unspecified atom stereocenters. The fourth-order valence-corrected chi connectivity index (χ4v) is 0.413. The van der Waals surface area contributed by atoms with E-state index in [-0.39, 0.29) is 0 Å². The van der Waals surface area contributed by atoms with Gasteiger partial charge in [-0.3, -0.25) is 0 Å². The molecule has 0 aromatic rings. The smallest absolute Gasteiger partial charge is 0.211 e. The van der Waals surface area contributed by atoms with E-state index in [1.54, 1.807) is 0 Å².